The highest BCUT2D eigenvalue weighted by molar-refractivity contribution is 7.89. The van der Waals surface area contributed by atoms with E-state index in [1.54, 1.807) is 30.9 Å². The highest BCUT2D eigenvalue weighted by Gasteiger charge is 2.30. The van der Waals surface area contributed by atoms with Crippen LogP contribution in [0.2, 0.25) is 0 Å². The molecule has 0 aromatic heterocycles. The van der Waals surface area contributed by atoms with Crippen molar-refractivity contribution in [2.24, 2.45) is 0 Å². The molecule has 0 saturated carbocycles. The Kier molecular flexibility index (Phi) is 5.34. The molecular weight excluding hydrogens is 379 g/mol. The SMILES string of the molecule is Cc1cc(C(=O)N2CCc3ccc(F)cc3C2C)cc(S(=O)(=O)N(C)C)c1C. The number of carbonyl (C=O) groups excluding carboxylic acids is 1. The molecule has 0 aliphatic carbocycles. The molecule has 1 aliphatic rings. The summed E-state index contributed by atoms with van der Waals surface area (Å²) in [5, 5.41) is 0. The molecule has 1 atom stereocenters. The maximum Gasteiger partial charge on any atom is 0.254 e. The third-order valence-electron chi connectivity index (χ3n) is 5.53. The summed E-state index contributed by atoms with van der Waals surface area (Å²) in [6.07, 6.45) is 0.638. The summed E-state index contributed by atoms with van der Waals surface area (Å²) < 4.78 is 40.2. The Balaban J connectivity index is 2.03. The van der Waals surface area contributed by atoms with E-state index in [0.717, 1.165) is 21.0 Å². The van der Waals surface area contributed by atoms with E-state index < -0.39 is 10.0 Å². The van der Waals surface area contributed by atoms with Crippen LogP contribution in [-0.2, 0) is 16.4 Å². The standard InChI is InChI=1S/C21H25FN2O3S/c1-13-10-17(11-20(14(13)2)28(26,27)23(4)5)21(25)24-9-8-16-6-7-18(22)12-19(16)15(24)3/h6-7,10-12,15H,8-9H2,1-5H3. The van der Waals surface area contributed by atoms with Crippen molar-refractivity contribution in [2.45, 2.75) is 38.1 Å². The minimum absolute atomic E-state index is 0.136. The van der Waals surface area contributed by atoms with Crippen molar-refractivity contribution in [3.8, 4) is 0 Å². The molecule has 28 heavy (non-hydrogen) atoms. The molecule has 1 amide bonds. The van der Waals surface area contributed by atoms with Gasteiger partial charge in [-0.3, -0.25) is 4.79 Å². The molecular formula is C21H25FN2O3S. The van der Waals surface area contributed by atoms with Crippen LogP contribution in [-0.4, -0.2) is 44.2 Å². The first-order valence-electron chi connectivity index (χ1n) is 9.17. The molecule has 0 fully saturated rings. The lowest BCUT2D eigenvalue weighted by atomic mass is 9.92. The zero-order chi connectivity index (χ0) is 20.8. The van der Waals surface area contributed by atoms with Gasteiger partial charge in [0, 0.05) is 26.2 Å². The van der Waals surface area contributed by atoms with Crippen molar-refractivity contribution in [3.63, 3.8) is 0 Å². The first kappa shape index (κ1) is 20.5. The summed E-state index contributed by atoms with van der Waals surface area (Å²) in [5.41, 5.74) is 3.53. The second-order valence-electron chi connectivity index (χ2n) is 7.47. The molecule has 3 rings (SSSR count). The maximum atomic E-state index is 13.7. The quantitative estimate of drug-likeness (QED) is 0.787. The van der Waals surface area contributed by atoms with Crippen LogP contribution in [0.4, 0.5) is 4.39 Å². The first-order valence-corrected chi connectivity index (χ1v) is 10.6. The van der Waals surface area contributed by atoms with Crippen LogP contribution in [0, 0.1) is 19.7 Å². The van der Waals surface area contributed by atoms with Crippen molar-refractivity contribution < 1.29 is 17.6 Å². The topological polar surface area (TPSA) is 57.7 Å². The first-order chi connectivity index (χ1) is 13.0. The molecule has 0 N–H and O–H groups in total. The predicted molar refractivity (Wildman–Crippen MR) is 106 cm³/mol. The number of aryl methyl sites for hydroxylation is 1. The third-order valence-corrected chi connectivity index (χ3v) is 7.47. The summed E-state index contributed by atoms with van der Waals surface area (Å²) in [5.74, 6) is -0.578. The molecule has 2 aromatic rings. The molecule has 1 aliphatic heterocycles. The largest absolute Gasteiger partial charge is 0.332 e. The van der Waals surface area contributed by atoms with Gasteiger partial charge in [0.25, 0.3) is 5.91 Å². The summed E-state index contributed by atoms with van der Waals surface area (Å²) >= 11 is 0. The Morgan fingerprint density at radius 2 is 1.86 bits per heavy atom. The number of hydrogen-bond donors (Lipinski definition) is 0. The lowest BCUT2D eigenvalue weighted by molar-refractivity contribution is 0.0677. The number of carbonyl (C=O) groups is 1. The number of sulfonamides is 1. The van der Waals surface area contributed by atoms with E-state index in [-0.39, 0.29) is 22.7 Å². The number of amides is 1. The van der Waals surface area contributed by atoms with Gasteiger partial charge in [0.05, 0.1) is 10.9 Å². The average Bonchev–Trinajstić information content (AvgIpc) is 2.63. The smallest absolute Gasteiger partial charge is 0.254 e. The fourth-order valence-electron chi connectivity index (χ4n) is 3.64. The molecule has 0 saturated heterocycles. The number of fused-ring (bicyclic) bond motifs is 1. The Bertz CT molecular complexity index is 1050. The van der Waals surface area contributed by atoms with Crippen LogP contribution in [0.25, 0.3) is 0 Å². The Labute approximate surface area is 165 Å². The number of nitrogens with zero attached hydrogens (tertiary/aromatic N) is 2. The Morgan fingerprint density at radius 3 is 2.50 bits per heavy atom. The van der Waals surface area contributed by atoms with Crippen molar-refractivity contribution in [1.29, 1.82) is 0 Å². The van der Waals surface area contributed by atoms with Crippen LogP contribution >= 0.6 is 0 Å². The second-order valence-corrected chi connectivity index (χ2v) is 9.59. The number of halogens is 1. The van der Waals surface area contributed by atoms with Crippen LogP contribution < -0.4 is 0 Å². The number of benzene rings is 2. The molecule has 0 radical (unpaired) electrons. The molecule has 7 heteroatoms. The van der Waals surface area contributed by atoms with Gasteiger partial charge in [-0.1, -0.05) is 6.07 Å². The lowest BCUT2D eigenvalue weighted by Gasteiger charge is -2.35. The zero-order valence-electron chi connectivity index (χ0n) is 16.8. The van der Waals surface area contributed by atoms with Crippen molar-refractivity contribution in [2.75, 3.05) is 20.6 Å². The fraction of sp³-hybridized carbons (Fsp3) is 0.381. The van der Waals surface area contributed by atoms with Crippen molar-refractivity contribution in [1.82, 2.24) is 9.21 Å². The van der Waals surface area contributed by atoms with Gasteiger partial charge in [-0.25, -0.2) is 17.1 Å². The van der Waals surface area contributed by atoms with Gasteiger partial charge in [0.2, 0.25) is 10.0 Å². The fourth-order valence-corrected chi connectivity index (χ4v) is 4.86. The molecule has 2 aromatic carbocycles. The van der Waals surface area contributed by atoms with Gasteiger partial charge in [0.1, 0.15) is 5.82 Å². The van der Waals surface area contributed by atoms with Gasteiger partial charge in [-0.15, -0.1) is 0 Å². The van der Waals surface area contributed by atoms with Gasteiger partial charge in [-0.2, -0.15) is 0 Å². The predicted octanol–water partition coefficient (Wildman–Crippen LogP) is 3.45. The highest BCUT2D eigenvalue weighted by Crippen LogP contribution is 2.32. The molecule has 0 spiro atoms. The summed E-state index contributed by atoms with van der Waals surface area (Å²) in [6, 6.07) is 7.56. The van der Waals surface area contributed by atoms with Crippen LogP contribution in [0.3, 0.4) is 0 Å². The van der Waals surface area contributed by atoms with E-state index in [1.165, 1.54) is 32.3 Å². The minimum Gasteiger partial charge on any atom is -0.332 e. The maximum absolute atomic E-state index is 13.7. The summed E-state index contributed by atoms with van der Waals surface area (Å²) in [6.45, 7) is 5.91. The molecule has 0 bridgehead atoms. The van der Waals surface area contributed by atoms with E-state index in [4.69, 9.17) is 0 Å². The lowest BCUT2D eigenvalue weighted by Crippen LogP contribution is -2.39. The van der Waals surface area contributed by atoms with Gasteiger partial charge < -0.3 is 4.90 Å². The normalized spacial score (nSPS) is 17.0. The van der Waals surface area contributed by atoms with E-state index in [9.17, 15) is 17.6 Å². The second kappa shape index (κ2) is 7.29. The van der Waals surface area contributed by atoms with Gasteiger partial charge >= 0.3 is 0 Å². The van der Waals surface area contributed by atoms with Gasteiger partial charge in [-0.05, 0) is 73.7 Å². The molecule has 150 valence electrons. The van der Waals surface area contributed by atoms with E-state index in [2.05, 4.69) is 0 Å². The van der Waals surface area contributed by atoms with E-state index >= 15 is 0 Å². The van der Waals surface area contributed by atoms with Crippen molar-refractivity contribution >= 4 is 15.9 Å². The zero-order valence-corrected chi connectivity index (χ0v) is 17.6. The molecule has 5 nitrogen and oxygen atoms in total. The highest BCUT2D eigenvalue weighted by atomic mass is 32.2. The van der Waals surface area contributed by atoms with Crippen LogP contribution in [0.15, 0.2) is 35.2 Å². The Hall–Kier alpha value is -2.25. The monoisotopic (exact) mass is 404 g/mol. The number of rotatable bonds is 3. The van der Waals surface area contributed by atoms with Crippen LogP contribution in [0.1, 0.15) is 45.6 Å². The van der Waals surface area contributed by atoms with Crippen molar-refractivity contribution in [3.05, 3.63) is 64.0 Å². The Morgan fingerprint density at radius 1 is 1.18 bits per heavy atom. The average molecular weight is 405 g/mol. The molecule has 1 unspecified atom stereocenters. The van der Waals surface area contributed by atoms with Gasteiger partial charge in [0.15, 0.2) is 0 Å². The minimum atomic E-state index is -3.67. The summed E-state index contributed by atoms with van der Waals surface area (Å²) in [4.78, 5) is 15.1. The third kappa shape index (κ3) is 3.44. The number of hydrogen-bond acceptors (Lipinski definition) is 3. The van der Waals surface area contributed by atoms with E-state index in [1.807, 2.05) is 6.92 Å². The molecule has 1 heterocycles. The summed E-state index contributed by atoms with van der Waals surface area (Å²) in [7, 11) is -0.734. The van der Waals surface area contributed by atoms with Crippen LogP contribution in [0.5, 0.6) is 0 Å². The van der Waals surface area contributed by atoms with E-state index in [0.29, 0.717) is 24.1 Å².